The number of hydrogen-bond acceptors (Lipinski definition) is 1. The molecule has 110 valence electrons. The van der Waals surface area contributed by atoms with Crippen molar-refractivity contribution >= 4 is 0 Å². The Morgan fingerprint density at radius 1 is 0.947 bits per heavy atom. The molecule has 0 amide bonds. The zero-order valence-corrected chi connectivity index (χ0v) is 12.9. The van der Waals surface area contributed by atoms with Crippen molar-refractivity contribution in [3.8, 4) is 0 Å². The minimum Gasteiger partial charge on any atom is -0.297 e. The summed E-state index contributed by atoms with van der Waals surface area (Å²) in [6.45, 7) is 3.66. The molecule has 1 heteroatoms. The van der Waals surface area contributed by atoms with Gasteiger partial charge in [0, 0.05) is 12.1 Å². The van der Waals surface area contributed by atoms with E-state index in [1.165, 1.54) is 83.6 Å². The van der Waals surface area contributed by atoms with Crippen molar-refractivity contribution in [2.45, 2.75) is 96.1 Å². The predicted octanol–water partition coefficient (Wildman–Crippen LogP) is 5.31. The Bertz CT molecular complexity index is 258. The van der Waals surface area contributed by atoms with Crippen molar-refractivity contribution in [3.63, 3.8) is 0 Å². The first-order chi connectivity index (χ1) is 9.42. The summed E-state index contributed by atoms with van der Waals surface area (Å²) in [5, 5.41) is 0. The molecule has 2 heterocycles. The highest BCUT2D eigenvalue weighted by Crippen LogP contribution is 2.32. The number of nitrogens with zero attached hydrogens (tertiary/aromatic N) is 1. The van der Waals surface area contributed by atoms with Crippen molar-refractivity contribution in [2.24, 2.45) is 0 Å². The van der Waals surface area contributed by atoms with Crippen molar-refractivity contribution < 1.29 is 0 Å². The SMILES string of the molecule is CCCCCCCC=CC[C@H]1CCC[C@@H]2CCCN21. The van der Waals surface area contributed by atoms with Crippen molar-refractivity contribution in [2.75, 3.05) is 6.54 Å². The average Bonchev–Trinajstić information content (AvgIpc) is 2.91. The molecule has 0 aliphatic carbocycles. The summed E-state index contributed by atoms with van der Waals surface area (Å²) in [7, 11) is 0. The Morgan fingerprint density at radius 2 is 1.79 bits per heavy atom. The van der Waals surface area contributed by atoms with E-state index >= 15 is 0 Å². The molecule has 19 heavy (non-hydrogen) atoms. The summed E-state index contributed by atoms with van der Waals surface area (Å²) < 4.78 is 0. The number of piperidine rings is 1. The molecule has 2 saturated heterocycles. The molecule has 0 aromatic carbocycles. The Kier molecular flexibility index (Phi) is 6.98. The second-order valence-corrected chi connectivity index (χ2v) is 6.53. The van der Waals surface area contributed by atoms with E-state index in [4.69, 9.17) is 0 Å². The van der Waals surface area contributed by atoms with Gasteiger partial charge in [-0.1, -0.05) is 51.2 Å². The minimum atomic E-state index is 0.873. The van der Waals surface area contributed by atoms with Crippen LogP contribution < -0.4 is 0 Å². The van der Waals surface area contributed by atoms with Crippen LogP contribution in [0.4, 0.5) is 0 Å². The Hall–Kier alpha value is -0.300. The van der Waals surface area contributed by atoms with E-state index < -0.39 is 0 Å². The van der Waals surface area contributed by atoms with E-state index in [-0.39, 0.29) is 0 Å². The number of unbranched alkanes of at least 4 members (excludes halogenated alkanes) is 5. The lowest BCUT2D eigenvalue weighted by Crippen LogP contribution is -2.42. The van der Waals surface area contributed by atoms with Gasteiger partial charge in [-0.2, -0.15) is 0 Å². The molecule has 2 rings (SSSR count). The number of hydrogen-bond donors (Lipinski definition) is 0. The molecule has 0 bridgehead atoms. The van der Waals surface area contributed by atoms with Crippen LogP contribution in [-0.2, 0) is 0 Å². The summed E-state index contributed by atoms with van der Waals surface area (Å²) in [4.78, 5) is 2.81. The highest BCUT2D eigenvalue weighted by molar-refractivity contribution is 4.94. The third-order valence-corrected chi connectivity index (χ3v) is 5.02. The summed E-state index contributed by atoms with van der Waals surface area (Å²) in [5.74, 6) is 0. The fourth-order valence-electron chi connectivity index (χ4n) is 3.89. The van der Waals surface area contributed by atoms with Gasteiger partial charge in [0.2, 0.25) is 0 Å². The van der Waals surface area contributed by atoms with E-state index in [1.54, 1.807) is 0 Å². The molecule has 0 radical (unpaired) electrons. The number of rotatable bonds is 8. The fourth-order valence-corrected chi connectivity index (χ4v) is 3.89. The maximum atomic E-state index is 2.81. The minimum absolute atomic E-state index is 0.873. The normalized spacial score (nSPS) is 28.1. The first-order valence-corrected chi connectivity index (χ1v) is 8.82. The molecule has 0 aromatic heterocycles. The van der Waals surface area contributed by atoms with Gasteiger partial charge in [0.1, 0.15) is 0 Å². The summed E-state index contributed by atoms with van der Waals surface area (Å²) >= 11 is 0. The first-order valence-electron chi connectivity index (χ1n) is 8.82. The fraction of sp³-hybridized carbons (Fsp3) is 0.889. The molecular formula is C18H33N. The van der Waals surface area contributed by atoms with E-state index in [9.17, 15) is 0 Å². The molecule has 0 unspecified atom stereocenters. The lowest BCUT2D eigenvalue weighted by Gasteiger charge is -2.37. The summed E-state index contributed by atoms with van der Waals surface area (Å²) in [6.07, 6.45) is 21.9. The molecule has 2 aliphatic heterocycles. The second kappa shape index (κ2) is 8.79. The smallest absolute Gasteiger partial charge is 0.0133 e. The van der Waals surface area contributed by atoms with Gasteiger partial charge >= 0.3 is 0 Å². The first kappa shape index (κ1) is 15.1. The zero-order valence-electron chi connectivity index (χ0n) is 12.9. The van der Waals surface area contributed by atoms with E-state index in [0.29, 0.717) is 0 Å². The molecular weight excluding hydrogens is 230 g/mol. The van der Waals surface area contributed by atoms with Crippen LogP contribution in [0.25, 0.3) is 0 Å². The lowest BCUT2D eigenvalue weighted by atomic mass is 9.94. The Morgan fingerprint density at radius 3 is 2.68 bits per heavy atom. The van der Waals surface area contributed by atoms with Crippen LogP contribution in [0.3, 0.4) is 0 Å². The van der Waals surface area contributed by atoms with Crippen molar-refractivity contribution in [1.29, 1.82) is 0 Å². The van der Waals surface area contributed by atoms with Gasteiger partial charge in [0.15, 0.2) is 0 Å². The standard InChI is InChI=1S/C18H33N/c1-2-3-4-5-6-7-8-9-12-17-13-10-14-18-15-11-16-19(17)18/h8-9,17-18H,2-7,10-16H2,1H3/t17-,18+/m0/s1. The maximum Gasteiger partial charge on any atom is 0.0133 e. The van der Waals surface area contributed by atoms with Crippen LogP contribution in [0, 0.1) is 0 Å². The third-order valence-electron chi connectivity index (χ3n) is 5.02. The molecule has 2 atom stereocenters. The van der Waals surface area contributed by atoms with Crippen molar-refractivity contribution in [3.05, 3.63) is 12.2 Å². The lowest BCUT2D eigenvalue weighted by molar-refractivity contribution is 0.124. The topological polar surface area (TPSA) is 3.24 Å². The van der Waals surface area contributed by atoms with Gasteiger partial charge in [0.25, 0.3) is 0 Å². The van der Waals surface area contributed by atoms with Gasteiger partial charge in [-0.25, -0.2) is 0 Å². The molecule has 1 nitrogen and oxygen atoms in total. The summed E-state index contributed by atoms with van der Waals surface area (Å²) in [6, 6.07) is 1.82. The zero-order chi connectivity index (χ0) is 13.3. The van der Waals surface area contributed by atoms with Gasteiger partial charge in [0.05, 0.1) is 0 Å². The number of allylic oxidation sites excluding steroid dienone is 1. The quantitative estimate of drug-likeness (QED) is 0.424. The monoisotopic (exact) mass is 263 g/mol. The van der Waals surface area contributed by atoms with Crippen LogP contribution in [0.2, 0.25) is 0 Å². The van der Waals surface area contributed by atoms with Crippen LogP contribution in [-0.4, -0.2) is 23.5 Å². The van der Waals surface area contributed by atoms with Crippen LogP contribution in [0.5, 0.6) is 0 Å². The summed E-state index contributed by atoms with van der Waals surface area (Å²) in [5.41, 5.74) is 0. The number of fused-ring (bicyclic) bond motifs is 1. The van der Waals surface area contributed by atoms with Gasteiger partial charge in [-0.05, 0) is 51.5 Å². The van der Waals surface area contributed by atoms with Crippen LogP contribution >= 0.6 is 0 Å². The van der Waals surface area contributed by atoms with E-state index in [2.05, 4.69) is 24.0 Å². The Labute approximate surface area is 120 Å². The molecule has 0 N–H and O–H groups in total. The third kappa shape index (κ3) is 4.95. The van der Waals surface area contributed by atoms with Crippen molar-refractivity contribution in [1.82, 2.24) is 4.90 Å². The van der Waals surface area contributed by atoms with Gasteiger partial charge in [-0.15, -0.1) is 0 Å². The van der Waals surface area contributed by atoms with Gasteiger partial charge in [-0.3, -0.25) is 4.90 Å². The predicted molar refractivity (Wildman–Crippen MR) is 84.5 cm³/mol. The van der Waals surface area contributed by atoms with Gasteiger partial charge < -0.3 is 0 Å². The largest absolute Gasteiger partial charge is 0.297 e. The van der Waals surface area contributed by atoms with E-state index in [0.717, 1.165) is 12.1 Å². The van der Waals surface area contributed by atoms with E-state index in [1.807, 2.05) is 0 Å². The molecule has 0 aromatic rings. The molecule has 0 saturated carbocycles. The highest BCUT2D eigenvalue weighted by Gasteiger charge is 2.32. The second-order valence-electron chi connectivity index (χ2n) is 6.53. The van der Waals surface area contributed by atoms with Crippen LogP contribution in [0.1, 0.15) is 84.0 Å². The van der Waals surface area contributed by atoms with Crippen LogP contribution in [0.15, 0.2) is 12.2 Å². The molecule has 2 aliphatic rings. The highest BCUT2D eigenvalue weighted by atomic mass is 15.2. The molecule has 0 spiro atoms. The maximum absolute atomic E-state index is 2.81. The Balaban J connectivity index is 1.56. The average molecular weight is 263 g/mol. The molecule has 2 fully saturated rings.